The molecule has 0 fully saturated rings. The summed E-state index contributed by atoms with van der Waals surface area (Å²) in [6, 6.07) is 12.9. The first kappa shape index (κ1) is 22.1. The van der Waals surface area contributed by atoms with Gasteiger partial charge in [-0.15, -0.1) is 0 Å². The number of sulfonamides is 1. The van der Waals surface area contributed by atoms with Gasteiger partial charge in [0.05, 0.1) is 19.9 Å². The molecular formula is C22H17ClFNO6S. The second kappa shape index (κ2) is 7.77. The third-order valence-corrected chi connectivity index (χ3v) is 7.19. The Balaban J connectivity index is 1.98. The van der Waals surface area contributed by atoms with Crippen LogP contribution in [0.3, 0.4) is 0 Å². The summed E-state index contributed by atoms with van der Waals surface area (Å²) in [6.07, 6.45) is 0. The molecule has 1 atom stereocenters. The van der Waals surface area contributed by atoms with E-state index in [9.17, 15) is 22.7 Å². The van der Waals surface area contributed by atoms with E-state index in [4.69, 9.17) is 21.1 Å². The zero-order chi connectivity index (χ0) is 23.3. The number of aliphatic hydroxyl groups is 1. The number of halogens is 2. The molecule has 0 saturated heterocycles. The van der Waals surface area contributed by atoms with Crippen molar-refractivity contribution in [1.29, 1.82) is 0 Å². The minimum Gasteiger partial charge on any atom is -0.497 e. The molecule has 1 unspecified atom stereocenters. The van der Waals surface area contributed by atoms with Crippen LogP contribution in [-0.2, 0) is 20.4 Å². The highest BCUT2D eigenvalue weighted by molar-refractivity contribution is 7.93. The van der Waals surface area contributed by atoms with Crippen molar-refractivity contribution in [3.05, 3.63) is 82.6 Å². The van der Waals surface area contributed by atoms with Crippen molar-refractivity contribution in [3.8, 4) is 11.5 Å². The smallest absolute Gasteiger partial charge is 0.282 e. The molecule has 7 nitrogen and oxygen atoms in total. The van der Waals surface area contributed by atoms with Gasteiger partial charge in [0.1, 0.15) is 22.2 Å². The quantitative estimate of drug-likeness (QED) is 0.605. The molecule has 4 rings (SSSR count). The minimum absolute atomic E-state index is 0.0750. The third kappa shape index (κ3) is 3.12. The van der Waals surface area contributed by atoms with Crippen LogP contribution in [0, 0.1) is 5.82 Å². The molecule has 0 aromatic heterocycles. The van der Waals surface area contributed by atoms with E-state index >= 15 is 0 Å². The Morgan fingerprint density at radius 2 is 1.72 bits per heavy atom. The summed E-state index contributed by atoms with van der Waals surface area (Å²) >= 11 is 6.07. The van der Waals surface area contributed by atoms with Gasteiger partial charge in [0, 0.05) is 22.2 Å². The number of fused-ring (bicyclic) bond motifs is 1. The summed E-state index contributed by atoms with van der Waals surface area (Å²) in [5.74, 6) is -1.88. The van der Waals surface area contributed by atoms with Gasteiger partial charge >= 0.3 is 0 Å². The molecule has 0 spiro atoms. The van der Waals surface area contributed by atoms with Crippen molar-refractivity contribution in [1.82, 2.24) is 0 Å². The van der Waals surface area contributed by atoms with Crippen molar-refractivity contribution in [2.45, 2.75) is 10.5 Å². The Labute approximate surface area is 188 Å². The normalized spacial score (nSPS) is 17.9. The lowest BCUT2D eigenvalue weighted by molar-refractivity contribution is -0.131. The maximum Gasteiger partial charge on any atom is 0.282 e. The van der Waals surface area contributed by atoms with Crippen molar-refractivity contribution >= 4 is 33.2 Å². The van der Waals surface area contributed by atoms with Crippen LogP contribution < -0.4 is 13.8 Å². The van der Waals surface area contributed by atoms with Crippen LogP contribution in [-0.4, -0.2) is 33.7 Å². The standard InChI is InChI=1S/C22H17ClFNO6S/c1-30-14-8-10-20(19(12-14)31-2)32(28,29)25-18-9-7-13(23)11-16(18)22(27,21(25)26)15-5-3-4-6-17(15)24/h3-12,27H,1-2H3. The highest BCUT2D eigenvalue weighted by Crippen LogP contribution is 2.48. The van der Waals surface area contributed by atoms with Crippen LogP contribution in [0.5, 0.6) is 11.5 Å². The van der Waals surface area contributed by atoms with Gasteiger partial charge in [0.2, 0.25) is 5.60 Å². The second-order valence-electron chi connectivity index (χ2n) is 6.94. The zero-order valence-electron chi connectivity index (χ0n) is 16.9. The van der Waals surface area contributed by atoms with E-state index in [0.29, 0.717) is 10.1 Å². The fourth-order valence-electron chi connectivity index (χ4n) is 3.69. The maximum atomic E-state index is 14.7. The van der Waals surface area contributed by atoms with E-state index in [2.05, 4.69) is 0 Å². The number of nitrogens with zero attached hydrogens (tertiary/aromatic N) is 1. The summed E-state index contributed by atoms with van der Waals surface area (Å²) in [6.45, 7) is 0. The number of hydrogen-bond donors (Lipinski definition) is 1. The van der Waals surface area contributed by atoms with E-state index in [-0.39, 0.29) is 26.9 Å². The van der Waals surface area contributed by atoms with Gasteiger partial charge in [-0.3, -0.25) is 4.79 Å². The monoisotopic (exact) mass is 477 g/mol. The van der Waals surface area contributed by atoms with Gasteiger partial charge in [-0.2, -0.15) is 4.31 Å². The minimum atomic E-state index is -4.60. The van der Waals surface area contributed by atoms with E-state index in [1.807, 2.05) is 0 Å². The molecule has 0 saturated carbocycles. The highest BCUT2D eigenvalue weighted by Gasteiger charge is 2.56. The summed E-state index contributed by atoms with van der Waals surface area (Å²) in [5, 5.41) is 11.6. The average Bonchev–Trinajstić information content (AvgIpc) is 3.01. The Bertz CT molecular complexity index is 1350. The summed E-state index contributed by atoms with van der Waals surface area (Å²) in [5.41, 5.74) is -3.31. The molecule has 3 aromatic carbocycles. The fraction of sp³-hybridized carbons (Fsp3) is 0.136. The molecule has 1 N–H and O–H groups in total. The number of rotatable bonds is 5. The Kier molecular flexibility index (Phi) is 5.36. The average molecular weight is 478 g/mol. The largest absolute Gasteiger partial charge is 0.497 e. The van der Waals surface area contributed by atoms with E-state index in [0.717, 1.165) is 6.07 Å². The topological polar surface area (TPSA) is 93.1 Å². The van der Waals surface area contributed by atoms with Gasteiger partial charge in [0.25, 0.3) is 15.9 Å². The van der Waals surface area contributed by atoms with Crippen LogP contribution in [0.1, 0.15) is 11.1 Å². The van der Waals surface area contributed by atoms with Crippen molar-refractivity contribution in [2.24, 2.45) is 0 Å². The first-order chi connectivity index (χ1) is 15.2. The first-order valence-corrected chi connectivity index (χ1v) is 11.1. The molecule has 0 radical (unpaired) electrons. The molecule has 1 heterocycles. The molecule has 1 aliphatic heterocycles. The predicted molar refractivity (Wildman–Crippen MR) is 115 cm³/mol. The van der Waals surface area contributed by atoms with Crippen molar-refractivity contribution < 1.29 is 32.2 Å². The van der Waals surface area contributed by atoms with Gasteiger partial charge < -0.3 is 14.6 Å². The SMILES string of the molecule is COc1ccc(S(=O)(=O)N2C(=O)C(O)(c3ccccc3F)c3cc(Cl)ccc32)c(OC)c1. The van der Waals surface area contributed by atoms with Crippen LogP contribution in [0.2, 0.25) is 5.02 Å². The molecule has 0 bridgehead atoms. The number of anilines is 1. The molecule has 1 aliphatic rings. The zero-order valence-corrected chi connectivity index (χ0v) is 18.4. The lowest BCUT2D eigenvalue weighted by Crippen LogP contribution is -2.44. The van der Waals surface area contributed by atoms with Gasteiger partial charge in [-0.1, -0.05) is 29.8 Å². The maximum absolute atomic E-state index is 14.7. The first-order valence-electron chi connectivity index (χ1n) is 9.25. The number of carbonyl (C=O) groups is 1. The Hall–Kier alpha value is -3.14. The Morgan fingerprint density at radius 1 is 1.00 bits per heavy atom. The molecule has 166 valence electrons. The number of methoxy groups -OCH3 is 2. The number of hydrogen-bond acceptors (Lipinski definition) is 6. The molecule has 3 aromatic rings. The lowest BCUT2D eigenvalue weighted by atomic mass is 9.87. The van der Waals surface area contributed by atoms with Gasteiger partial charge in [0.15, 0.2) is 0 Å². The van der Waals surface area contributed by atoms with Crippen molar-refractivity contribution in [3.63, 3.8) is 0 Å². The summed E-state index contributed by atoms with van der Waals surface area (Å²) in [4.78, 5) is 13.2. The summed E-state index contributed by atoms with van der Waals surface area (Å²) < 4.78 is 52.6. The van der Waals surface area contributed by atoms with Crippen molar-refractivity contribution in [2.75, 3.05) is 18.5 Å². The lowest BCUT2D eigenvalue weighted by Gasteiger charge is -2.24. The number of carbonyl (C=O) groups excluding carboxylic acids is 1. The molecule has 32 heavy (non-hydrogen) atoms. The number of amides is 1. The van der Waals surface area contributed by atoms with Crippen LogP contribution >= 0.6 is 11.6 Å². The Morgan fingerprint density at radius 3 is 2.38 bits per heavy atom. The van der Waals surface area contributed by atoms with E-state index < -0.39 is 32.9 Å². The fourth-order valence-corrected chi connectivity index (χ4v) is 5.46. The summed E-state index contributed by atoms with van der Waals surface area (Å²) in [7, 11) is -1.92. The number of benzene rings is 3. The predicted octanol–water partition coefficient (Wildman–Crippen LogP) is 3.47. The second-order valence-corrected chi connectivity index (χ2v) is 9.13. The molecule has 1 amide bonds. The molecular weight excluding hydrogens is 461 g/mol. The third-order valence-electron chi connectivity index (χ3n) is 5.21. The number of ether oxygens (including phenoxy) is 2. The molecule has 0 aliphatic carbocycles. The van der Waals surface area contributed by atoms with Crippen LogP contribution in [0.4, 0.5) is 10.1 Å². The molecule has 10 heteroatoms. The van der Waals surface area contributed by atoms with Gasteiger partial charge in [-0.25, -0.2) is 12.8 Å². The van der Waals surface area contributed by atoms with E-state index in [1.165, 1.54) is 68.8 Å². The highest BCUT2D eigenvalue weighted by atomic mass is 35.5. The van der Waals surface area contributed by atoms with Gasteiger partial charge in [-0.05, 0) is 36.4 Å². The van der Waals surface area contributed by atoms with E-state index in [1.54, 1.807) is 0 Å². The van der Waals surface area contributed by atoms with Crippen LogP contribution in [0.15, 0.2) is 65.6 Å². The van der Waals surface area contributed by atoms with Crippen LogP contribution in [0.25, 0.3) is 0 Å².